The number of rotatable bonds is 8. The number of aromatic nitrogens is 4. The predicted octanol–water partition coefficient (Wildman–Crippen LogP) is 4.23. The van der Waals surface area contributed by atoms with Crippen molar-refractivity contribution in [1.82, 2.24) is 24.6 Å². The van der Waals surface area contributed by atoms with E-state index < -0.39 is 10.8 Å². The first-order chi connectivity index (χ1) is 16.2. The lowest BCUT2D eigenvalue weighted by Crippen LogP contribution is -2.38. The molecule has 0 bridgehead atoms. The molecule has 172 valence electrons. The average molecular weight is 466 g/mol. The van der Waals surface area contributed by atoms with E-state index in [2.05, 4.69) is 44.5 Å². The van der Waals surface area contributed by atoms with Crippen molar-refractivity contribution in [2.75, 3.05) is 19.6 Å². The fourth-order valence-corrected chi connectivity index (χ4v) is 6.11. The summed E-state index contributed by atoms with van der Waals surface area (Å²) < 4.78 is 27.7. The molecule has 33 heavy (non-hydrogen) atoms. The Balaban J connectivity index is 1.10. The summed E-state index contributed by atoms with van der Waals surface area (Å²) in [5.41, 5.74) is 4.48. The van der Waals surface area contributed by atoms with E-state index in [1.165, 1.54) is 23.1 Å². The summed E-state index contributed by atoms with van der Waals surface area (Å²) in [7, 11) is -0.904. The highest BCUT2D eigenvalue weighted by Gasteiger charge is 2.23. The van der Waals surface area contributed by atoms with Crippen LogP contribution < -0.4 is 0 Å². The Labute approximate surface area is 195 Å². The molecule has 1 fully saturated rings. The van der Waals surface area contributed by atoms with Crippen LogP contribution in [-0.2, 0) is 23.0 Å². The molecule has 2 aromatic heterocycles. The molecule has 4 aromatic rings. The van der Waals surface area contributed by atoms with E-state index in [4.69, 9.17) is 0 Å². The van der Waals surface area contributed by atoms with Crippen molar-refractivity contribution >= 4 is 21.7 Å². The number of H-pyrrole nitrogens is 1. The fraction of sp³-hybridized carbons (Fsp3) is 0.360. The molecule has 1 unspecified atom stereocenters. The summed E-state index contributed by atoms with van der Waals surface area (Å²) in [5.74, 6) is 0.268. The van der Waals surface area contributed by atoms with Crippen molar-refractivity contribution in [1.29, 1.82) is 0 Å². The minimum Gasteiger partial charge on any atom is -0.361 e. The molecule has 0 saturated carbocycles. The topological polar surface area (TPSA) is 66.8 Å². The van der Waals surface area contributed by atoms with Gasteiger partial charge in [0.15, 0.2) is 0 Å². The van der Waals surface area contributed by atoms with Gasteiger partial charge in [0.1, 0.15) is 18.5 Å². The number of aryl methyl sites for hydroxylation is 1. The van der Waals surface area contributed by atoms with Gasteiger partial charge in [0.25, 0.3) is 0 Å². The molecule has 5 rings (SSSR count). The second-order valence-corrected chi connectivity index (χ2v) is 10.4. The largest absolute Gasteiger partial charge is 0.361 e. The average Bonchev–Trinajstić information content (AvgIpc) is 3.51. The van der Waals surface area contributed by atoms with Crippen LogP contribution in [0.3, 0.4) is 0 Å². The number of likely N-dealkylation sites (tertiary alicyclic amines) is 1. The first-order valence-electron chi connectivity index (χ1n) is 11.4. The lowest BCUT2D eigenvalue weighted by molar-refractivity contribution is 0.229. The SMILES string of the molecule is O=S(Cc1ccc(F)cc1)C1CCN(CCCc2c[nH]c3ccc(-n4cnnc4)cc23)CC1. The molecular formula is C25H28FN5OS. The molecule has 0 spiro atoms. The minimum absolute atomic E-state index is 0.232. The normalized spacial score (nSPS) is 16.4. The maximum absolute atomic E-state index is 13.1. The Morgan fingerprint density at radius 2 is 1.82 bits per heavy atom. The van der Waals surface area contributed by atoms with Crippen LogP contribution >= 0.6 is 0 Å². The van der Waals surface area contributed by atoms with Crippen LogP contribution in [0.5, 0.6) is 0 Å². The highest BCUT2D eigenvalue weighted by atomic mass is 32.2. The van der Waals surface area contributed by atoms with E-state index in [9.17, 15) is 8.60 Å². The van der Waals surface area contributed by atoms with Gasteiger partial charge in [0.05, 0.1) is 0 Å². The van der Waals surface area contributed by atoms with Gasteiger partial charge in [-0.05, 0) is 86.8 Å². The highest BCUT2D eigenvalue weighted by molar-refractivity contribution is 7.84. The molecule has 3 heterocycles. The first kappa shape index (κ1) is 22.0. The molecule has 6 nitrogen and oxygen atoms in total. The number of hydrogen-bond acceptors (Lipinski definition) is 4. The molecule has 0 amide bonds. The van der Waals surface area contributed by atoms with Crippen molar-refractivity contribution in [2.24, 2.45) is 0 Å². The van der Waals surface area contributed by atoms with Gasteiger partial charge in [-0.15, -0.1) is 10.2 Å². The molecule has 1 saturated heterocycles. The van der Waals surface area contributed by atoms with Gasteiger partial charge in [-0.1, -0.05) is 12.1 Å². The van der Waals surface area contributed by atoms with Gasteiger partial charge in [-0.25, -0.2) is 4.39 Å². The lowest BCUT2D eigenvalue weighted by atomic mass is 10.1. The summed E-state index contributed by atoms with van der Waals surface area (Å²) >= 11 is 0. The molecule has 8 heteroatoms. The van der Waals surface area contributed by atoms with Gasteiger partial charge in [-0.2, -0.15) is 0 Å². The lowest BCUT2D eigenvalue weighted by Gasteiger charge is -2.31. The van der Waals surface area contributed by atoms with Crippen molar-refractivity contribution in [3.05, 3.63) is 78.3 Å². The molecule has 1 aliphatic heterocycles. The number of halogens is 1. The zero-order valence-electron chi connectivity index (χ0n) is 18.5. The third kappa shape index (κ3) is 5.23. The number of hydrogen-bond donors (Lipinski definition) is 1. The number of nitrogens with zero attached hydrogens (tertiary/aromatic N) is 4. The van der Waals surface area contributed by atoms with E-state index >= 15 is 0 Å². The van der Waals surface area contributed by atoms with Gasteiger partial charge in [0.2, 0.25) is 0 Å². The van der Waals surface area contributed by atoms with Gasteiger partial charge >= 0.3 is 0 Å². The summed E-state index contributed by atoms with van der Waals surface area (Å²) in [6.07, 6.45) is 9.57. The van der Waals surface area contributed by atoms with Crippen LogP contribution in [0.4, 0.5) is 4.39 Å². The van der Waals surface area contributed by atoms with Crippen LogP contribution in [0.2, 0.25) is 0 Å². The monoisotopic (exact) mass is 465 g/mol. The van der Waals surface area contributed by atoms with Crippen molar-refractivity contribution < 1.29 is 8.60 Å². The summed E-state index contributed by atoms with van der Waals surface area (Å²) in [6.45, 7) is 3.03. The minimum atomic E-state index is -0.904. The maximum Gasteiger partial charge on any atom is 0.123 e. The molecule has 0 aliphatic carbocycles. The number of piperidine rings is 1. The molecule has 1 N–H and O–H groups in total. The Morgan fingerprint density at radius 3 is 2.58 bits per heavy atom. The van der Waals surface area contributed by atoms with E-state index in [1.54, 1.807) is 24.8 Å². The maximum atomic E-state index is 13.1. The smallest absolute Gasteiger partial charge is 0.123 e. The van der Waals surface area contributed by atoms with Gasteiger partial charge in [-0.3, -0.25) is 8.78 Å². The third-order valence-corrected chi connectivity index (χ3v) is 8.35. The Morgan fingerprint density at radius 1 is 1.06 bits per heavy atom. The molecule has 1 atom stereocenters. The zero-order valence-corrected chi connectivity index (χ0v) is 19.3. The van der Waals surface area contributed by atoms with Crippen LogP contribution in [0, 0.1) is 5.82 Å². The zero-order chi connectivity index (χ0) is 22.6. The standard InChI is InChI=1S/C25H28FN5OS/c26-21-5-3-19(4-6-21)16-33(32)23-9-12-30(13-10-23)11-1-2-20-15-27-25-8-7-22(14-24(20)25)31-17-28-29-18-31/h3-8,14-15,17-18,23,27H,1-2,9-13,16H2. The summed E-state index contributed by atoms with van der Waals surface area (Å²) in [5, 5.41) is 9.27. The van der Waals surface area contributed by atoms with Gasteiger partial charge < -0.3 is 9.88 Å². The molecular weight excluding hydrogens is 437 g/mol. The summed E-state index contributed by atoms with van der Waals surface area (Å²) in [6, 6.07) is 12.7. The predicted molar refractivity (Wildman–Crippen MR) is 129 cm³/mol. The number of nitrogens with one attached hydrogen (secondary N) is 1. The molecule has 1 aliphatic rings. The van der Waals surface area contributed by atoms with E-state index in [-0.39, 0.29) is 11.1 Å². The van der Waals surface area contributed by atoms with E-state index in [1.807, 2.05) is 4.57 Å². The van der Waals surface area contributed by atoms with Crippen molar-refractivity contribution in [2.45, 2.75) is 36.7 Å². The first-order valence-corrected chi connectivity index (χ1v) is 12.8. The summed E-state index contributed by atoms with van der Waals surface area (Å²) in [4.78, 5) is 5.87. The van der Waals surface area contributed by atoms with E-state index in [0.717, 1.165) is 62.1 Å². The second kappa shape index (κ2) is 9.97. The van der Waals surface area contributed by atoms with Crippen LogP contribution in [0.15, 0.2) is 61.3 Å². The Hall–Kier alpha value is -2.84. The third-order valence-electron chi connectivity index (χ3n) is 6.52. The number of benzene rings is 2. The van der Waals surface area contributed by atoms with E-state index in [0.29, 0.717) is 5.75 Å². The van der Waals surface area contributed by atoms with Crippen LogP contribution in [0.25, 0.3) is 16.6 Å². The number of fused-ring (bicyclic) bond motifs is 1. The number of aromatic amines is 1. The Kier molecular flexibility index (Phi) is 6.64. The van der Waals surface area contributed by atoms with Crippen LogP contribution in [0.1, 0.15) is 30.4 Å². The fourth-order valence-electron chi connectivity index (χ4n) is 4.62. The molecule has 0 radical (unpaired) electrons. The van der Waals surface area contributed by atoms with Crippen molar-refractivity contribution in [3.63, 3.8) is 0 Å². The van der Waals surface area contributed by atoms with Gasteiger partial charge in [0, 0.05) is 44.6 Å². The second-order valence-electron chi connectivity index (χ2n) is 8.71. The Bertz CT molecular complexity index is 1210. The van der Waals surface area contributed by atoms with Crippen molar-refractivity contribution in [3.8, 4) is 5.69 Å². The molecule has 2 aromatic carbocycles. The highest BCUT2D eigenvalue weighted by Crippen LogP contribution is 2.24. The quantitative estimate of drug-likeness (QED) is 0.423. The van der Waals surface area contributed by atoms with Crippen LogP contribution in [-0.4, -0.2) is 53.7 Å².